The van der Waals surface area contributed by atoms with Crippen molar-refractivity contribution in [2.45, 2.75) is 48.0 Å². The number of para-hydroxylation sites is 1. The van der Waals surface area contributed by atoms with Crippen molar-refractivity contribution in [2.24, 2.45) is 0 Å². The minimum Gasteiger partial charge on any atom is -0.324 e. The van der Waals surface area contributed by atoms with E-state index in [0.29, 0.717) is 0 Å². The third-order valence-electron chi connectivity index (χ3n) is 4.59. The first-order valence-corrected chi connectivity index (χ1v) is 8.98. The van der Waals surface area contributed by atoms with Gasteiger partial charge in [-0.3, -0.25) is 9.59 Å². The highest BCUT2D eigenvalue weighted by molar-refractivity contribution is 6.03. The molecule has 4 nitrogen and oxygen atoms in total. The third-order valence-corrected chi connectivity index (χ3v) is 4.59. The first kappa shape index (κ1) is 19.7. The predicted octanol–water partition coefficient (Wildman–Crippen LogP) is 4.47. The van der Waals surface area contributed by atoms with Gasteiger partial charge in [-0.05, 0) is 56.4 Å². The molecule has 2 aromatic rings. The third kappa shape index (κ3) is 4.31. The molecule has 2 aromatic carbocycles. The number of benzene rings is 2. The highest BCUT2D eigenvalue weighted by atomic mass is 16.2. The van der Waals surface area contributed by atoms with Crippen LogP contribution in [0.2, 0.25) is 0 Å². The van der Waals surface area contributed by atoms with Crippen molar-refractivity contribution in [3.63, 3.8) is 0 Å². The van der Waals surface area contributed by atoms with E-state index in [-0.39, 0.29) is 18.4 Å². The lowest BCUT2D eigenvalue weighted by atomic mass is 10.0. The first-order valence-electron chi connectivity index (χ1n) is 8.98. The molecule has 4 heteroatoms. The Balaban J connectivity index is 2.30. The number of anilines is 2. The Kier molecular flexibility index (Phi) is 6.19. The molecule has 2 rings (SSSR count). The normalized spacial score (nSPS) is 10.5. The zero-order valence-corrected chi connectivity index (χ0v) is 16.6. The monoisotopic (exact) mass is 352 g/mol. The highest BCUT2D eigenvalue weighted by Crippen LogP contribution is 2.27. The Morgan fingerprint density at radius 1 is 1.00 bits per heavy atom. The number of amides is 2. The number of hydrogen-bond acceptors (Lipinski definition) is 2. The molecule has 0 saturated heterocycles. The topological polar surface area (TPSA) is 49.4 Å². The van der Waals surface area contributed by atoms with E-state index in [9.17, 15) is 9.59 Å². The molecule has 1 N–H and O–H groups in total. The molecule has 0 unspecified atom stereocenters. The smallest absolute Gasteiger partial charge is 0.244 e. The largest absolute Gasteiger partial charge is 0.324 e. The second kappa shape index (κ2) is 8.17. The number of hydrogen-bond donors (Lipinski definition) is 1. The zero-order valence-electron chi connectivity index (χ0n) is 16.6. The maximum Gasteiger partial charge on any atom is 0.244 e. The van der Waals surface area contributed by atoms with Crippen LogP contribution in [0.15, 0.2) is 30.3 Å². The van der Waals surface area contributed by atoms with E-state index in [1.165, 1.54) is 6.92 Å². The molecule has 0 aliphatic heterocycles. The Labute approximate surface area is 156 Å². The molecule has 0 saturated carbocycles. The fraction of sp³-hybridized carbons (Fsp3) is 0.364. The van der Waals surface area contributed by atoms with Crippen LogP contribution in [0.1, 0.15) is 41.7 Å². The van der Waals surface area contributed by atoms with E-state index in [4.69, 9.17) is 0 Å². The number of carbonyl (C=O) groups is 2. The van der Waals surface area contributed by atoms with Crippen molar-refractivity contribution in [2.75, 3.05) is 16.8 Å². The number of carbonyl (C=O) groups excluding carboxylic acids is 2. The minimum absolute atomic E-state index is 0.00242. The zero-order chi connectivity index (χ0) is 19.4. The van der Waals surface area contributed by atoms with Crippen LogP contribution in [0.3, 0.4) is 0 Å². The lowest BCUT2D eigenvalue weighted by molar-refractivity contribution is -0.120. The molecule has 0 radical (unpaired) electrons. The van der Waals surface area contributed by atoms with Gasteiger partial charge in [-0.1, -0.05) is 42.8 Å². The van der Waals surface area contributed by atoms with Gasteiger partial charge >= 0.3 is 0 Å². The second-order valence-electron chi connectivity index (χ2n) is 6.86. The van der Waals surface area contributed by atoms with Crippen LogP contribution in [0.4, 0.5) is 11.4 Å². The van der Waals surface area contributed by atoms with Crippen LogP contribution in [0, 0.1) is 27.7 Å². The maximum absolute atomic E-state index is 12.7. The quantitative estimate of drug-likeness (QED) is 0.863. The summed E-state index contributed by atoms with van der Waals surface area (Å²) in [7, 11) is 0. The van der Waals surface area contributed by atoms with Crippen LogP contribution in [0.25, 0.3) is 0 Å². The molecule has 0 heterocycles. The lowest BCUT2D eigenvalue weighted by Crippen LogP contribution is -2.37. The van der Waals surface area contributed by atoms with Crippen molar-refractivity contribution < 1.29 is 9.59 Å². The molecule has 0 spiro atoms. The van der Waals surface area contributed by atoms with E-state index in [0.717, 1.165) is 45.6 Å². The van der Waals surface area contributed by atoms with Crippen molar-refractivity contribution >= 4 is 23.2 Å². The molecular formula is C22H28N2O2. The molecule has 0 aromatic heterocycles. The Bertz CT molecular complexity index is 817. The van der Waals surface area contributed by atoms with Crippen LogP contribution < -0.4 is 10.2 Å². The summed E-state index contributed by atoms with van der Waals surface area (Å²) in [6.07, 6.45) is 0.837. The SMILES string of the molecule is CCc1cccc(C)c1NC(=O)CN(C(C)=O)c1c(C)cc(C)cc1C. The molecular weight excluding hydrogens is 324 g/mol. The molecule has 0 fully saturated rings. The molecule has 2 amide bonds. The Hall–Kier alpha value is -2.62. The highest BCUT2D eigenvalue weighted by Gasteiger charge is 2.20. The van der Waals surface area contributed by atoms with Gasteiger partial charge in [-0.2, -0.15) is 0 Å². The average molecular weight is 352 g/mol. The number of rotatable bonds is 5. The van der Waals surface area contributed by atoms with E-state index < -0.39 is 0 Å². The summed E-state index contributed by atoms with van der Waals surface area (Å²) >= 11 is 0. The Morgan fingerprint density at radius 3 is 2.15 bits per heavy atom. The summed E-state index contributed by atoms with van der Waals surface area (Å²) < 4.78 is 0. The van der Waals surface area contributed by atoms with Gasteiger partial charge in [0.25, 0.3) is 0 Å². The number of nitrogens with one attached hydrogen (secondary N) is 1. The standard InChI is InChI=1S/C22H28N2O2/c1-7-19-10-8-9-15(3)21(19)23-20(26)13-24(18(6)25)22-16(4)11-14(2)12-17(22)5/h8-12H,7,13H2,1-6H3,(H,23,26). The average Bonchev–Trinajstić information content (AvgIpc) is 2.54. The Morgan fingerprint density at radius 2 is 1.62 bits per heavy atom. The van der Waals surface area contributed by atoms with Gasteiger partial charge in [-0.15, -0.1) is 0 Å². The molecule has 138 valence electrons. The van der Waals surface area contributed by atoms with E-state index in [2.05, 4.69) is 12.2 Å². The molecule has 0 aliphatic carbocycles. The van der Waals surface area contributed by atoms with E-state index in [1.807, 2.05) is 58.0 Å². The van der Waals surface area contributed by atoms with Crippen LogP contribution in [-0.2, 0) is 16.0 Å². The molecule has 26 heavy (non-hydrogen) atoms. The van der Waals surface area contributed by atoms with E-state index in [1.54, 1.807) is 4.90 Å². The summed E-state index contributed by atoms with van der Waals surface area (Å²) in [5.41, 5.74) is 6.92. The van der Waals surface area contributed by atoms with E-state index >= 15 is 0 Å². The summed E-state index contributed by atoms with van der Waals surface area (Å²) in [6.45, 7) is 11.5. The van der Waals surface area contributed by atoms with Gasteiger partial charge in [0.2, 0.25) is 11.8 Å². The fourth-order valence-corrected chi connectivity index (χ4v) is 3.47. The fourth-order valence-electron chi connectivity index (χ4n) is 3.47. The van der Waals surface area contributed by atoms with Gasteiger partial charge in [0.1, 0.15) is 6.54 Å². The van der Waals surface area contributed by atoms with Crippen molar-refractivity contribution in [3.8, 4) is 0 Å². The minimum atomic E-state index is -0.191. The van der Waals surface area contributed by atoms with Gasteiger partial charge in [0, 0.05) is 12.6 Å². The van der Waals surface area contributed by atoms with Crippen LogP contribution >= 0.6 is 0 Å². The maximum atomic E-state index is 12.7. The van der Waals surface area contributed by atoms with Crippen molar-refractivity contribution in [3.05, 3.63) is 58.1 Å². The van der Waals surface area contributed by atoms with Crippen LogP contribution in [0.5, 0.6) is 0 Å². The number of aryl methyl sites for hydroxylation is 5. The predicted molar refractivity (Wildman–Crippen MR) is 108 cm³/mol. The van der Waals surface area contributed by atoms with Gasteiger partial charge in [-0.25, -0.2) is 0 Å². The van der Waals surface area contributed by atoms with Crippen molar-refractivity contribution in [1.82, 2.24) is 0 Å². The van der Waals surface area contributed by atoms with Crippen molar-refractivity contribution in [1.29, 1.82) is 0 Å². The summed E-state index contributed by atoms with van der Waals surface area (Å²) in [6, 6.07) is 10.1. The summed E-state index contributed by atoms with van der Waals surface area (Å²) in [5, 5.41) is 3.00. The molecule has 0 aliphatic rings. The first-order chi connectivity index (χ1) is 12.2. The van der Waals surface area contributed by atoms with Gasteiger partial charge in [0.15, 0.2) is 0 Å². The second-order valence-corrected chi connectivity index (χ2v) is 6.86. The van der Waals surface area contributed by atoms with Crippen LogP contribution in [-0.4, -0.2) is 18.4 Å². The summed E-state index contributed by atoms with van der Waals surface area (Å²) in [4.78, 5) is 26.5. The van der Waals surface area contributed by atoms with Gasteiger partial charge in [0.05, 0.1) is 5.69 Å². The summed E-state index contributed by atoms with van der Waals surface area (Å²) in [5.74, 6) is -0.334. The molecule has 0 bridgehead atoms. The lowest BCUT2D eigenvalue weighted by Gasteiger charge is -2.25. The molecule has 0 atom stereocenters. The van der Waals surface area contributed by atoms with Gasteiger partial charge < -0.3 is 10.2 Å². The number of nitrogens with zero attached hydrogens (tertiary/aromatic N) is 1.